The van der Waals surface area contributed by atoms with Crippen LogP contribution in [0.2, 0.25) is 0 Å². The van der Waals surface area contributed by atoms with Crippen LogP contribution in [0.15, 0.2) is 18.2 Å². The topological polar surface area (TPSA) is 87.0 Å². The third-order valence-electron chi connectivity index (χ3n) is 2.84. The molecular formula is C14H20O5. The molecule has 106 valence electrons. The lowest BCUT2D eigenvalue weighted by atomic mass is 9.93. The van der Waals surface area contributed by atoms with E-state index >= 15 is 0 Å². The number of aryl methyl sites for hydroxylation is 1. The van der Waals surface area contributed by atoms with Crippen molar-refractivity contribution in [3.8, 4) is 5.75 Å². The molecule has 5 nitrogen and oxygen atoms in total. The molecule has 0 aliphatic rings. The van der Waals surface area contributed by atoms with Gasteiger partial charge in [0.05, 0.1) is 12.5 Å². The Morgan fingerprint density at radius 3 is 2.53 bits per heavy atom. The van der Waals surface area contributed by atoms with E-state index in [1.165, 1.54) is 12.1 Å². The molecule has 0 unspecified atom stereocenters. The van der Waals surface area contributed by atoms with Gasteiger partial charge in [0.15, 0.2) is 0 Å². The zero-order chi connectivity index (χ0) is 14.6. The predicted octanol–water partition coefficient (Wildman–Crippen LogP) is 1.08. The standard InChI is InChI=1S/C14H20O5/c1-9(2)13(17)19-8-14(18,7-15)11-5-4-10(3)6-12(11)16/h4-6,9,15-16,18H,7-8H2,1-3H3/t14-/m1/s1. The van der Waals surface area contributed by atoms with Gasteiger partial charge in [-0.2, -0.15) is 0 Å². The van der Waals surface area contributed by atoms with Gasteiger partial charge >= 0.3 is 5.97 Å². The fourth-order valence-electron chi connectivity index (χ4n) is 1.60. The van der Waals surface area contributed by atoms with Gasteiger partial charge in [0, 0.05) is 5.56 Å². The maximum absolute atomic E-state index is 11.4. The van der Waals surface area contributed by atoms with E-state index in [1.54, 1.807) is 26.8 Å². The van der Waals surface area contributed by atoms with Crippen molar-refractivity contribution < 1.29 is 24.9 Å². The molecular weight excluding hydrogens is 248 g/mol. The summed E-state index contributed by atoms with van der Waals surface area (Å²) < 4.78 is 4.94. The fraction of sp³-hybridized carbons (Fsp3) is 0.500. The number of phenolic OH excluding ortho intramolecular Hbond substituents is 1. The van der Waals surface area contributed by atoms with Crippen LogP contribution in [0.3, 0.4) is 0 Å². The molecule has 0 aliphatic carbocycles. The van der Waals surface area contributed by atoms with Crippen LogP contribution in [-0.4, -0.2) is 34.5 Å². The lowest BCUT2D eigenvalue weighted by molar-refractivity contribution is -0.158. The SMILES string of the molecule is Cc1ccc([C@@](O)(CO)COC(=O)C(C)C)c(O)c1. The maximum atomic E-state index is 11.4. The van der Waals surface area contributed by atoms with Crippen LogP contribution in [0.5, 0.6) is 5.75 Å². The highest BCUT2D eigenvalue weighted by atomic mass is 16.5. The second kappa shape index (κ2) is 6.04. The monoisotopic (exact) mass is 268 g/mol. The molecule has 0 aliphatic heterocycles. The number of benzene rings is 1. The number of rotatable bonds is 5. The first-order chi connectivity index (χ1) is 8.80. The highest BCUT2D eigenvalue weighted by Gasteiger charge is 2.33. The van der Waals surface area contributed by atoms with Gasteiger partial charge in [-0.15, -0.1) is 0 Å². The minimum atomic E-state index is -1.80. The first-order valence-corrected chi connectivity index (χ1v) is 6.10. The molecule has 0 amide bonds. The normalized spacial score (nSPS) is 14.2. The van der Waals surface area contributed by atoms with Crippen molar-refractivity contribution in [2.45, 2.75) is 26.4 Å². The Bertz CT molecular complexity index is 455. The Morgan fingerprint density at radius 2 is 2.05 bits per heavy atom. The van der Waals surface area contributed by atoms with Gasteiger partial charge in [-0.1, -0.05) is 26.0 Å². The third-order valence-corrected chi connectivity index (χ3v) is 2.84. The first-order valence-electron chi connectivity index (χ1n) is 6.10. The molecule has 0 fully saturated rings. The molecule has 19 heavy (non-hydrogen) atoms. The fourth-order valence-corrected chi connectivity index (χ4v) is 1.60. The van der Waals surface area contributed by atoms with Gasteiger partial charge in [-0.05, 0) is 18.6 Å². The van der Waals surface area contributed by atoms with Gasteiger partial charge in [0.2, 0.25) is 0 Å². The van der Waals surface area contributed by atoms with Gasteiger partial charge in [0.25, 0.3) is 0 Å². The summed E-state index contributed by atoms with van der Waals surface area (Å²) in [6.07, 6.45) is 0. The van der Waals surface area contributed by atoms with Crippen LogP contribution in [0.25, 0.3) is 0 Å². The molecule has 0 saturated carbocycles. The molecule has 0 spiro atoms. The molecule has 1 aromatic carbocycles. The summed E-state index contributed by atoms with van der Waals surface area (Å²) in [6, 6.07) is 4.67. The zero-order valence-electron chi connectivity index (χ0n) is 11.4. The largest absolute Gasteiger partial charge is 0.508 e. The first kappa shape index (κ1) is 15.5. The average molecular weight is 268 g/mol. The van der Waals surface area contributed by atoms with Crippen LogP contribution >= 0.6 is 0 Å². The Labute approximate surface area is 112 Å². The Morgan fingerprint density at radius 1 is 1.42 bits per heavy atom. The number of aliphatic hydroxyl groups is 2. The van der Waals surface area contributed by atoms with Gasteiger partial charge < -0.3 is 20.1 Å². The Balaban J connectivity index is 2.93. The Kier molecular flexibility index (Phi) is 4.91. The second-order valence-corrected chi connectivity index (χ2v) is 4.97. The third kappa shape index (κ3) is 3.68. The number of aliphatic hydroxyl groups excluding tert-OH is 1. The lowest BCUT2D eigenvalue weighted by Crippen LogP contribution is -2.37. The molecule has 1 rings (SSSR count). The minimum Gasteiger partial charge on any atom is -0.508 e. The van der Waals surface area contributed by atoms with E-state index in [0.29, 0.717) is 0 Å². The minimum absolute atomic E-state index is 0.136. The number of carbonyl (C=O) groups excluding carboxylic acids is 1. The molecule has 0 radical (unpaired) electrons. The zero-order valence-corrected chi connectivity index (χ0v) is 11.4. The van der Waals surface area contributed by atoms with Crippen molar-refractivity contribution in [2.24, 2.45) is 5.92 Å². The van der Waals surface area contributed by atoms with E-state index in [9.17, 15) is 20.1 Å². The molecule has 0 aromatic heterocycles. The van der Waals surface area contributed by atoms with Crippen molar-refractivity contribution in [3.63, 3.8) is 0 Å². The molecule has 0 saturated heterocycles. The van der Waals surface area contributed by atoms with E-state index in [0.717, 1.165) is 5.56 Å². The molecule has 0 bridgehead atoms. The summed E-state index contributed by atoms with van der Waals surface area (Å²) in [5.41, 5.74) is -0.847. The summed E-state index contributed by atoms with van der Waals surface area (Å²) >= 11 is 0. The van der Waals surface area contributed by atoms with E-state index in [2.05, 4.69) is 0 Å². The molecule has 1 aromatic rings. The van der Waals surface area contributed by atoms with E-state index in [4.69, 9.17) is 4.74 Å². The summed E-state index contributed by atoms with van der Waals surface area (Å²) in [4.78, 5) is 11.4. The van der Waals surface area contributed by atoms with Crippen molar-refractivity contribution >= 4 is 5.97 Å². The summed E-state index contributed by atoms with van der Waals surface area (Å²) in [5, 5.41) is 29.5. The van der Waals surface area contributed by atoms with Crippen molar-refractivity contribution in [3.05, 3.63) is 29.3 Å². The van der Waals surface area contributed by atoms with Crippen LogP contribution < -0.4 is 0 Å². The molecule has 3 N–H and O–H groups in total. The number of esters is 1. The van der Waals surface area contributed by atoms with Crippen molar-refractivity contribution in [1.29, 1.82) is 0 Å². The number of phenols is 1. The number of carbonyl (C=O) groups is 1. The lowest BCUT2D eigenvalue weighted by Gasteiger charge is -2.27. The van der Waals surface area contributed by atoms with Crippen LogP contribution in [-0.2, 0) is 15.1 Å². The summed E-state index contributed by atoms with van der Waals surface area (Å²) in [7, 11) is 0. The quantitative estimate of drug-likeness (QED) is 0.696. The Hall–Kier alpha value is -1.59. The average Bonchev–Trinajstić information content (AvgIpc) is 2.35. The maximum Gasteiger partial charge on any atom is 0.308 e. The second-order valence-electron chi connectivity index (χ2n) is 4.97. The van der Waals surface area contributed by atoms with Crippen molar-refractivity contribution in [2.75, 3.05) is 13.2 Å². The van der Waals surface area contributed by atoms with Crippen LogP contribution in [0, 0.1) is 12.8 Å². The molecule has 1 atom stereocenters. The summed E-state index contributed by atoms with van der Waals surface area (Å²) in [5.74, 6) is -0.940. The molecule has 0 heterocycles. The van der Waals surface area contributed by atoms with E-state index < -0.39 is 24.8 Å². The molecule has 5 heteroatoms. The van der Waals surface area contributed by atoms with Gasteiger partial charge in [-0.25, -0.2) is 0 Å². The van der Waals surface area contributed by atoms with E-state index in [-0.39, 0.29) is 17.2 Å². The summed E-state index contributed by atoms with van der Waals surface area (Å²) in [6.45, 7) is 4.07. The number of hydrogen-bond donors (Lipinski definition) is 3. The highest BCUT2D eigenvalue weighted by Crippen LogP contribution is 2.30. The smallest absolute Gasteiger partial charge is 0.308 e. The van der Waals surface area contributed by atoms with Crippen LogP contribution in [0.1, 0.15) is 25.0 Å². The number of aromatic hydroxyl groups is 1. The van der Waals surface area contributed by atoms with Crippen LogP contribution in [0.4, 0.5) is 0 Å². The van der Waals surface area contributed by atoms with Gasteiger partial charge in [0.1, 0.15) is 18.0 Å². The van der Waals surface area contributed by atoms with E-state index in [1.807, 2.05) is 0 Å². The number of ether oxygens (including phenoxy) is 1. The van der Waals surface area contributed by atoms with Gasteiger partial charge in [-0.3, -0.25) is 4.79 Å². The predicted molar refractivity (Wildman–Crippen MR) is 69.6 cm³/mol. The van der Waals surface area contributed by atoms with Crippen molar-refractivity contribution in [1.82, 2.24) is 0 Å². The highest BCUT2D eigenvalue weighted by molar-refractivity contribution is 5.71. The number of hydrogen-bond acceptors (Lipinski definition) is 5.